The van der Waals surface area contributed by atoms with Crippen molar-refractivity contribution in [2.24, 2.45) is 11.7 Å². The van der Waals surface area contributed by atoms with Crippen molar-refractivity contribution >= 4 is 11.8 Å². The molecular weight excluding hydrogens is 118 g/mol. The van der Waals surface area contributed by atoms with Crippen molar-refractivity contribution in [2.45, 2.75) is 18.4 Å². The first-order chi connectivity index (χ1) is 3.81. The van der Waals surface area contributed by atoms with E-state index in [4.69, 9.17) is 5.73 Å². The first kappa shape index (κ1) is 5.12. The molecule has 0 bridgehead atoms. The minimum absolute atomic E-state index is 0.325. The van der Waals surface area contributed by atoms with Gasteiger partial charge in [0, 0.05) is 5.54 Å². The van der Waals surface area contributed by atoms with Crippen LogP contribution in [-0.4, -0.2) is 17.0 Å². The van der Waals surface area contributed by atoms with Crippen molar-refractivity contribution in [1.29, 1.82) is 0 Å². The van der Waals surface area contributed by atoms with Crippen molar-refractivity contribution in [3.63, 3.8) is 0 Å². The zero-order valence-corrected chi connectivity index (χ0v) is 5.71. The van der Waals surface area contributed by atoms with Crippen molar-refractivity contribution in [3.8, 4) is 0 Å². The fourth-order valence-corrected chi connectivity index (χ4v) is 2.26. The van der Waals surface area contributed by atoms with E-state index < -0.39 is 0 Å². The van der Waals surface area contributed by atoms with Gasteiger partial charge in [-0.3, -0.25) is 0 Å². The maximum Gasteiger partial charge on any atom is 0.0200 e. The lowest BCUT2D eigenvalue weighted by atomic mass is 10.0. The van der Waals surface area contributed by atoms with E-state index in [0.717, 1.165) is 5.92 Å². The largest absolute Gasteiger partial charge is 0.325 e. The molecule has 0 spiro atoms. The molecule has 1 nitrogen and oxygen atoms in total. The molecule has 1 saturated carbocycles. The summed E-state index contributed by atoms with van der Waals surface area (Å²) in [5.74, 6) is 3.54. The van der Waals surface area contributed by atoms with E-state index in [9.17, 15) is 0 Å². The molecule has 8 heavy (non-hydrogen) atoms. The summed E-state index contributed by atoms with van der Waals surface area (Å²) in [5.41, 5.74) is 6.26. The van der Waals surface area contributed by atoms with E-state index in [1.54, 1.807) is 0 Å². The van der Waals surface area contributed by atoms with Gasteiger partial charge in [0.15, 0.2) is 0 Å². The summed E-state index contributed by atoms with van der Waals surface area (Å²) in [6.07, 6.45) is 2.58. The van der Waals surface area contributed by atoms with Gasteiger partial charge in [0.25, 0.3) is 0 Å². The zero-order chi connectivity index (χ0) is 5.61. The molecule has 1 aliphatic heterocycles. The van der Waals surface area contributed by atoms with Crippen molar-refractivity contribution in [2.75, 3.05) is 11.5 Å². The highest BCUT2D eigenvalue weighted by molar-refractivity contribution is 8.00. The van der Waals surface area contributed by atoms with Crippen LogP contribution in [0.2, 0.25) is 0 Å². The fourth-order valence-electron chi connectivity index (χ4n) is 1.12. The molecule has 2 aliphatic rings. The van der Waals surface area contributed by atoms with Crippen molar-refractivity contribution in [1.82, 2.24) is 0 Å². The van der Waals surface area contributed by atoms with Crippen molar-refractivity contribution in [3.05, 3.63) is 0 Å². The number of hydrogen-bond acceptors (Lipinski definition) is 2. The molecule has 2 rings (SSSR count). The molecule has 1 saturated heterocycles. The second-order valence-electron chi connectivity index (χ2n) is 2.97. The molecule has 0 aromatic rings. The van der Waals surface area contributed by atoms with E-state index in [1.165, 1.54) is 24.3 Å². The SMILES string of the molecule is NC1(C2CSC2)CC1. The Balaban J connectivity index is 1.95. The molecule has 2 fully saturated rings. The van der Waals surface area contributed by atoms with Crippen molar-refractivity contribution < 1.29 is 0 Å². The summed E-state index contributed by atoms with van der Waals surface area (Å²) in [7, 11) is 0. The van der Waals surface area contributed by atoms with Gasteiger partial charge in [0.2, 0.25) is 0 Å². The van der Waals surface area contributed by atoms with Gasteiger partial charge in [0.05, 0.1) is 0 Å². The Morgan fingerprint density at radius 3 is 2.12 bits per heavy atom. The lowest BCUT2D eigenvalue weighted by Gasteiger charge is -2.30. The van der Waals surface area contributed by atoms with Gasteiger partial charge in [-0.25, -0.2) is 0 Å². The summed E-state index contributed by atoms with van der Waals surface area (Å²) in [6, 6.07) is 0. The third-order valence-corrected chi connectivity index (χ3v) is 3.55. The minimum Gasteiger partial charge on any atom is -0.325 e. The van der Waals surface area contributed by atoms with E-state index in [1.807, 2.05) is 11.8 Å². The van der Waals surface area contributed by atoms with E-state index in [-0.39, 0.29) is 0 Å². The van der Waals surface area contributed by atoms with Crippen LogP contribution in [0.5, 0.6) is 0 Å². The lowest BCUT2D eigenvalue weighted by molar-refractivity contribution is 0.473. The Labute approximate surface area is 54.0 Å². The second-order valence-corrected chi connectivity index (χ2v) is 4.04. The standard InChI is InChI=1S/C6H11NS/c7-6(1-2-6)5-3-8-4-5/h5H,1-4,7H2. The number of hydrogen-bond donors (Lipinski definition) is 1. The molecule has 0 aromatic heterocycles. The quantitative estimate of drug-likeness (QED) is 0.568. The second kappa shape index (κ2) is 1.42. The van der Waals surface area contributed by atoms with Crippen LogP contribution < -0.4 is 5.73 Å². The molecule has 0 aromatic carbocycles. The van der Waals surface area contributed by atoms with Gasteiger partial charge >= 0.3 is 0 Å². The third kappa shape index (κ3) is 0.594. The van der Waals surface area contributed by atoms with Crippen LogP contribution in [0.4, 0.5) is 0 Å². The summed E-state index contributed by atoms with van der Waals surface area (Å²) in [6.45, 7) is 0. The van der Waals surface area contributed by atoms with Crippen LogP contribution in [0.3, 0.4) is 0 Å². The van der Waals surface area contributed by atoms with Gasteiger partial charge in [-0.15, -0.1) is 0 Å². The van der Waals surface area contributed by atoms with E-state index in [2.05, 4.69) is 0 Å². The highest BCUT2D eigenvalue weighted by Crippen LogP contribution is 2.46. The van der Waals surface area contributed by atoms with Gasteiger partial charge in [0.1, 0.15) is 0 Å². The Hall–Kier alpha value is 0.310. The Morgan fingerprint density at radius 1 is 1.38 bits per heavy atom. The molecular formula is C6H11NS. The monoisotopic (exact) mass is 129 g/mol. The number of thioether (sulfide) groups is 1. The van der Waals surface area contributed by atoms with Gasteiger partial charge in [-0.2, -0.15) is 11.8 Å². The average molecular weight is 129 g/mol. The van der Waals surface area contributed by atoms with Crippen LogP contribution in [-0.2, 0) is 0 Å². The predicted molar refractivity (Wildman–Crippen MR) is 37.0 cm³/mol. The van der Waals surface area contributed by atoms with E-state index in [0.29, 0.717) is 5.54 Å². The Kier molecular flexibility index (Phi) is 0.910. The third-order valence-electron chi connectivity index (χ3n) is 2.28. The summed E-state index contributed by atoms with van der Waals surface area (Å²) < 4.78 is 0. The zero-order valence-electron chi connectivity index (χ0n) is 4.89. The normalized spacial score (nSPS) is 34.1. The first-order valence-electron chi connectivity index (χ1n) is 3.18. The Bertz CT molecular complexity index is 105. The van der Waals surface area contributed by atoms with Crippen LogP contribution in [0.25, 0.3) is 0 Å². The first-order valence-corrected chi connectivity index (χ1v) is 4.33. The molecule has 2 N–H and O–H groups in total. The average Bonchev–Trinajstić information content (AvgIpc) is 2.12. The van der Waals surface area contributed by atoms with Crippen LogP contribution in [0, 0.1) is 5.92 Å². The van der Waals surface area contributed by atoms with Crippen LogP contribution >= 0.6 is 11.8 Å². The topological polar surface area (TPSA) is 26.0 Å². The maximum absolute atomic E-state index is 5.94. The summed E-state index contributed by atoms with van der Waals surface area (Å²) in [5, 5.41) is 0. The summed E-state index contributed by atoms with van der Waals surface area (Å²) in [4.78, 5) is 0. The minimum atomic E-state index is 0.325. The molecule has 46 valence electrons. The molecule has 0 radical (unpaired) electrons. The molecule has 0 unspecified atom stereocenters. The molecule has 0 amide bonds. The predicted octanol–water partition coefficient (Wildman–Crippen LogP) is 0.841. The van der Waals surface area contributed by atoms with Gasteiger partial charge < -0.3 is 5.73 Å². The molecule has 2 heteroatoms. The molecule has 1 heterocycles. The number of rotatable bonds is 1. The molecule has 1 aliphatic carbocycles. The smallest absolute Gasteiger partial charge is 0.0200 e. The summed E-state index contributed by atoms with van der Waals surface area (Å²) >= 11 is 2.03. The fraction of sp³-hybridized carbons (Fsp3) is 1.00. The van der Waals surface area contributed by atoms with Gasteiger partial charge in [-0.1, -0.05) is 0 Å². The van der Waals surface area contributed by atoms with Crippen LogP contribution in [0.15, 0.2) is 0 Å². The van der Waals surface area contributed by atoms with Gasteiger partial charge in [-0.05, 0) is 30.3 Å². The molecule has 0 atom stereocenters. The van der Waals surface area contributed by atoms with Crippen LogP contribution in [0.1, 0.15) is 12.8 Å². The number of nitrogens with two attached hydrogens (primary N) is 1. The van der Waals surface area contributed by atoms with E-state index >= 15 is 0 Å². The Morgan fingerprint density at radius 2 is 2.00 bits per heavy atom. The highest BCUT2D eigenvalue weighted by Gasteiger charge is 2.47. The maximum atomic E-state index is 5.94. The highest BCUT2D eigenvalue weighted by atomic mass is 32.2. The lowest BCUT2D eigenvalue weighted by Crippen LogP contribution is -2.40.